The van der Waals surface area contributed by atoms with Crippen LogP contribution < -0.4 is 0 Å². The van der Waals surface area contributed by atoms with Crippen LogP contribution >= 0.6 is 0 Å². The average molecular weight is 273 g/mol. The van der Waals surface area contributed by atoms with Crippen LogP contribution in [0.1, 0.15) is 26.9 Å². The third-order valence-electron chi connectivity index (χ3n) is 2.08. The SMILES string of the molecule is COCCOCc1nc(C(=O)OC)c(C(=O)OC)o1. The number of esters is 2. The summed E-state index contributed by atoms with van der Waals surface area (Å²) in [4.78, 5) is 26.7. The van der Waals surface area contributed by atoms with Gasteiger partial charge in [-0.25, -0.2) is 14.6 Å². The van der Waals surface area contributed by atoms with Crippen molar-refractivity contribution in [2.75, 3.05) is 34.5 Å². The normalized spacial score (nSPS) is 10.3. The number of rotatable bonds is 7. The van der Waals surface area contributed by atoms with Gasteiger partial charge in [-0.3, -0.25) is 0 Å². The first-order chi connectivity index (χ1) is 9.13. The lowest BCUT2D eigenvalue weighted by molar-refractivity contribution is 0.0469. The number of methoxy groups -OCH3 is 3. The van der Waals surface area contributed by atoms with Crippen molar-refractivity contribution in [2.45, 2.75) is 6.61 Å². The highest BCUT2D eigenvalue weighted by atomic mass is 16.5. The first-order valence-electron chi connectivity index (χ1n) is 5.37. The van der Waals surface area contributed by atoms with Crippen LogP contribution in [0.5, 0.6) is 0 Å². The number of nitrogens with zero attached hydrogens (tertiary/aromatic N) is 1. The Bertz CT molecular complexity index is 407. The van der Waals surface area contributed by atoms with Gasteiger partial charge in [-0.05, 0) is 0 Å². The van der Waals surface area contributed by atoms with Crippen molar-refractivity contribution >= 4 is 11.9 Å². The molecule has 0 unspecified atom stereocenters. The van der Waals surface area contributed by atoms with Crippen LogP contribution in [0.2, 0.25) is 0 Å². The van der Waals surface area contributed by atoms with Crippen LogP contribution in [0.3, 0.4) is 0 Å². The third-order valence-corrected chi connectivity index (χ3v) is 2.08. The van der Waals surface area contributed by atoms with Gasteiger partial charge in [-0.1, -0.05) is 0 Å². The quantitative estimate of drug-likeness (QED) is 0.520. The van der Waals surface area contributed by atoms with E-state index in [0.717, 1.165) is 0 Å². The fourth-order valence-corrected chi connectivity index (χ4v) is 1.19. The number of hydrogen-bond donors (Lipinski definition) is 0. The zero-order chi connectivity index (χ0) is 14.3. The maximum Gasteiger partial charge on any atom is 0.376 e. The van der Waals surface area contributed by atoms with Gasteiger partial charge in [0.1, 0.15) is 6.61 Å². The Morgan fingerprint density at radius 2 is 1.79 bits per heavy atom. The molecule has 0 fully saturated rings. The number of oxazole rings is 1. The molecule has 0 aliphatic carbocycles. The van der Waals surface area contributed by atoms with E-state index in [1.165, 1.54) is 14.2 Å². The molecule has 0 spiro atoms. The summed E-state index contributed by atoms with van der Waals surface area (Å²) in [6.45, 7) is 0.749. The first kappa shape index (κ1) is 15.1. The molecular weight excluding hydrogens is 258 g/mol. The monoisotopic (exact) mass is 273 g/mol. The molecule has 0 saturated carbocycles. The Morgan fingerprint density at radius 3 is 2.37 bits per heavy atom. The standard InChI is InChI=1S/C11H15NO7/c1-15-4-5-18-6-7-12-8(10(13)16-2)9(19-7)11(14)17-3/h4-6H2,1-3H3. The lowest BCUT2D eigenvalue weighted by Crippen LogP contribution is -2.10. The highest BCUT2D eigenvalue weighted by Crippen LogP contribution is 2.14. The van der Waals surface area contributed by atoms with Crippen molar-refractivity contribution in [2.24, 2.45) is 0 Å². The van der Waals surface area contributed by atoms with Gasteiger partial charge in [-0.15, -0.1) is 0 Å². The maximum atomic E-state index is 11.4. The molecule has 0 aromatic carbocycles. The van der Waals surface area contributed by atoms with E-state index >= 15 is 0 Å². The Kier molecular flexibility index (Phi) is 5.97. The van der Waals surface area contributed by atoms with E-state index in [2.05, 4.69) is 14.5 Å². The number of hydrogen-bond acceptors (Lipinski definition) is 8. The molecule has 1 aromatic heterocycles. The van der Waals surface area contributed by atoms with Crippen LogP contribution in [0.4, 0.5) is 0 Å². The minimum Gasteiger partial charge on any atom is -0.464 e. The smallest absolute Gasteiger partial charge is 0.376 e. The van der Waals surface area contributed by atoms with Gasteiger partial charge < -0.3 is 23.4 Å². The Morgan fingerprint density at radius 1 is 1.11 bits per heavy atom. The van der Waals surface area contributed by atoms with E-state index in [-0.39, 0.29) is 24.0 Å². The molecule has 1 heterocycles. The summed E-state index contributed by atoms with van der Waals surface area (Å²) in [5.41, 5.74) is -0.236. The summed E-state index contributed by atoms with van der Waals surface area (Å²) in [5.74, 6) is -1.82. The molecule has 0 radical (unpaired) electrons. The molecule has 0 bridgehead atoms. The van der Waals surface area contributed by atoms with Gasteiger partial charge in [0.2, 0.25) is 17.3 Å². The summed E-state index contributed by atoms with van der Waals surface area (Å²) in [5, 5.41) is 0. The van der Waals surface area contributed by atoms with Crippen LogP contribution in [0.15, 0.2) is 4.42 Å². The highest BCUT2D eigenvalue weighted by Gasteiger charge is 2.26. The predicted molar refractivity (Wildman–Crippen MR) is 60.7 cm³/mol. The second-order valence-electron chi connectivity index (χ2n) is 3.31. The van der Waals surface area contributed by atoms with Gasteiger partial charge in [0.15, 0.2) is 0 Å². The zero-order valence-electron chi connectivity index (χ0n) is 10.9. The molecule has 1 rings (SSSR count). The van der Waals surface area contributed by atoms with Crippen molar-refractivity contribution in [3.05, 3.63) is 17.3 Å². The predicted octanol–water partition coefficient (Wildman–Crippen LogP) is 0.411. The topological polar surface area (TPSA) is 97.1 Å². The largest absolute Gasteiger partial charge is 0.464 e. The van der Waals surface area contributed by atoms with Crippen molar-refractivity contribution in [1.82, 2.24) is 4.98 Å². The molecule has 0 saturated heterocycles. The lowest BCUT2D eigenvalue weighted by atomic mass is 10.3. The van der Waals surface area contributed by atoms with E-state index in [0.29, 0.717) is 13.2 Å². The molecule has 19 heavy (non-hydrogen) atoms. The lowest BCUT2D eigenvalue weighted by Gasteiger charge is -1.99. The van der Waals surface area contributed by atoms with Crippen LogP contribution in [0, 0.1) is 0 Å². The van der Waals surface area contributed by atoms with Gasteiger partial charge in [-0.2, -0.15) is 0 Å². The van der Waals surface area contributed by atoms with Gasteiger partial charge in [0, 0.05) is 7.11 Å². The maximum absolute atomic E-state index is 11.4. The Balaban J connectivity index is 2.81. The van der Waals surface area contributed by atoms with E-state index in [4.69, 9.17) is 13.9 Å². The van der Waals surface area contributed by atoms with E-state index in [1.54, 1.807) is 7.11 Å². The molecule has 0 aliphatic heterocycles. The van der Waals surface area contributed by atoms with Crippen molar-refractivity contribution in [3.8, 4) is 0 Å². The second kappa shape index (κ2) is 7.49. The molecule has 1 aromatic rings. The minimum atomic E-state index is -0.809. The number of aromatic nitrogens is 1. The van der Waals surface area contributed by atoms with E-state index in [9.17, 15) is 9.59 Å². The summed E-state index contributed by atoms with van der Waals surface area (Å²) in [6.07, 6.45) is 0. The second-order valence-corrected chi connectivity index (χ2v) is 3.31. The summed E-state index contributed by atoms with van der Waals surface area (Å²) in [6, 6.07) is 0. The van der Waals surface area contributed by atoms with Crippen LogP contribution in [-0.4, -0.2) is 51.5 Å². The van der Waals surface area contributed by atoms with Crippen LogP contribution in [0.25, 0.3) is 0 Å². The molecule has 106 valence electrons. The Hall–Kier alpha value is -1.93. The fourth-order valence-electron chi connectivity index (χ4n) is 1.19. The number of ether oxygens (including phenoxy) is 4. The Labute approximate surface area is 109 Å². The molecule has 8 heteroatoms. The highest BCUT2D eigenvalue weighted by molar-refractivity contribution is 5.99. The van der Waals surface area contributed by atoms with E-state index < -0.39 is 11.9 Å². The van der Waals surface area contributed by atoms with Gasteiger partial charge in [0.05, 0.1) is 27.4 Å². The van der Waals surface area contributed by atoms with Crippen molar-refractivity contribution in [1.29, 1.82) is 0 Å². The van der Waals surface area contributed by atoms with Gasteiger partial charge in [0.25, 0.3) is 0 Å². The molecule has 0 aliphatic rings. The van der Waals surface area contributed by atoms with Crippen LogP contribution in [-0.2, 0) is 25.6 Å². The number of carbonyl (C=O) groups excluding carboxylic acids is 2. The number of carbonyl (C=O) groups is 2. The molecule has 0 atom stereocenters. The van der Waals surface area contributed by atoms with Crippen molar-refractivity contribution in [3.63, 3.8) is 0 Å². The van der Waals surface area contributed by atoms with Gasteiger partial charge >= 0.3 is 11.9 Å². The molecule has 8 nitrogen and oxygen atoms in total. The molecule has 0 N–H and O–H groups in total. The molecule has 0 amide bonds. The first-order valence-corrected chi connectivity index (χ1v) is 5.37. The average Bonchev–Trinajstić information content (AvgIpc) is 2.86. The fraction of sp³-hybridized carbons (Fsp3) is 0.545. The summed E-state index contributed by atoms with van der Waals surface area (Å²) < 4.78 is 24.1. The minimum absolute atomic E-state index is 0.00431. The van der Waals surface area contributed by atoms with Crippen molar-refractivity contribution < 1.29 is 33.0 Å². The summed E-state index contributed by atoms with van der Waals surface area (Å²) >= 11 is 0. The summed E-state index contributed by atoms with van der Waals surface area (Å²) in [7, 11) is 3.88. The van der Waals surface area contributed by atoms with E-state index in [1.807, 2.05) is 0 Å². The third kappa shape index (κ3) is 4.04. The zero-order valence-corrected chi connectivity index (χ0v) is 10.9. The molecular formula is C11H15NO7.